The number of benzene rings is 1. The first-order valence-electron chi connectivity index (χ1n) is 8.42. The molecule has 0 spiro atoms. The molecule has 0 saturated carbocycles. The first kappa shape index (κ1) is 20.0. The number of rotatable bonds is 8. The molecule has 0 aliphatic rings. The summed E-state index contributed by atoms with van der Waals surface area (Å²) >= 11 is 1.28. The lowest BCUT2D eigenvalue weighted by molar-refractivity contribution is -0.146. The highest BCUT2D eigenvalue weighted by atomic mass is 32.2. The second kappa shape index (κ2) is 9.38. The van der Waals surface area contributed by atoms with Crippen LogP contribution in [-0.2, 0) is 21.4 Å². The van der Waals surface area contributed by atoms with Crippen molar-refractivity contribution >= 4 is 23.6 Å². The summed E-state index contributed by atoms with van der Waals surface area (Å²) in [7, 11) is 3.18. The molecule has 140 valence electrons. The smallest absolute Gasteiger partial charge is 0.328 e. The SMILES string of the molecule is CC[C@H](C)[C@H](NC(=O)CSc1nnc(-c2ccccc2)n1C)C(=O)OC. The van der Waals surface area contributed by atoms with Crippen LogP contribution < -0.4 is 5.32 Å². The molecule has 0 aliphatic heterocycles. The van der Waals surface area contributed by atoms with Crippen LogP contribution in [0.3, 0.4) is 0 Å². The van der Waals surface area contributed by atoms with Gasteiger partial charge in [-0.2, -0.15) is 0 Å². The van der Waals surface area contributed by atoms with E-state index in [2.05, 4.69) is 15.5 Å². The van der Waals surface area contributed by atoms with E-state index in [4.69, 9.17) is 4.74 Å². The highest BCUT2D eigenvalue weighted by molar-refractivity contribution is 7.99. The fourth-order valence-electron chi connectivity index (χ4n) is 2.42. The quantitative estimate of drug-likeness (QED) is 0.562. The van der Waals surface area contributed by atoms with Crippen molar-refractivity contribution in [1.82, 2.24) is 20.1 Å². The van der Waals surface area contributed by atoms with Crippen LogP contribution in [0.2, 0.25) is 0 Å². The predicted molar refractivity (Wildman–Crippen MR) is 101 cm³/mol. The molecule has 1 amide bonds. The van der Waals surface area contributed by atoms with Gasteiger partial charge in [-0.15, -0.1) is 10.2 Å². The van der Waals surface area contributed by atoms with E-state index in [0.29, 0.717) is 5.16 Å². The molecule has 26 heavy (non-hydrogen) atoms. The minimum atomic E-state index is -0.641. The Morgan fingerprint density at radius 2 is 1.96 bits per heavy atom. The van der Waals surface area contributed by atoms with Crippen molar-refractivity contribution in [3.63, 3.8) is 0 Å². The molecule has 1 N–H and O–H groups in total. The summed E-state index contributed by atoms with van der Waals surface area (Å²) in [4.78, 5) is 24.1. The molecule has 2 atom stereocenters. The van der Waals surface area contributed by atoms with E-state index in [1.807, 2.05) is 55.8 Å². The van der Waals surface area contributed by atoms with Gasteiger partial charge in [0, 0.05) is 12.6 Å². The second-order valence-electron chi connectivity index (χ2n) is 5.97. The maximum Gasteiger partial charge on any atom is 0.328 e. The van der Waals surface area contributed by atoms with Gasteiger partial charge in [0.05, 0.1) is 12.9 Å². The molecular formula is C18H24N4O3S. The molecule has 1 aromatic heterocycles. The molecule has 7 nitrogen and oxygen atoms in total. The first-order chi connectivity index (χ1) is 12.5. The lowest BCUT2D eigenvalue weighted by Crippen LogP contribution is -2.46. The number of nitrogens with one attached hydrogen (secondary N) is 1. The van der Waals surface area contributed by atoms with Gasteiger partial charge >= 0.3 is 5.97 Å². The van der Waals surface area contributed by atoms with Gasteiger partial charge in [0.1, 0.15) is 6.04 Å². The maximum absolute atomic E-state index is 12.3. The first-order valence-corrected chi connectivity index (χ1v) is 9.41. The highest BCUT2D eigenvalue weighted by Crippen LogP contribution is 2.22. The number of carbonyl (C=O) groups excluding carboxylic acids is 2. The molecule has 0 unspecified atom stereocenters. The minimum Gasteiger partial charge on any atom is -0.467 e. The van der Waals surface area contributed by atoms with Gasteiger partial charge in [-0.25, -0.2) is 4.79 Å². The van der Waals surface area contributed by atoms with Crippen molar-refractivity contribution in [3.8, 4) is 11.4 Å². The number of carbonyl (C=O) groups is 2. The van der Waals surface area contributed by atoms with Crippen LogP contribution in [0.1, 0.15) is 20.3 Å². The number of esters is 1. The lowest BCUT2D eigenvalue weighted by Gasteiger charge is -2.21. The van der Waals surface area contributed by atoms with E-state index >= 15 is 0 Å². The molecule has 1 aromatic carbocycles. The van der Waals surface area contributed by atoms with Crippen LogP contribution in [0.4, 0.5) is 0 Å². The van der Waals surface area contributed by atoms with E-state index in [1.165, 1.54) is 18.9 Å². The Bertz CT molecular complexity index is 748. The Morgan fingerprint density at radius 3 is 2.58 bits per heavy atom. The van der Waals surface area contributed by atoms with E-state index in [9.17, 15) is 9.59 Å². The third kappa shape index (κ3) is 4.85. The van der Waals surface area contributed by atoms with Crippen molar-refractivity contribution in [3.05, 3.63) is 30.3 Å². The van der Waals surface area contributed by atoms with Crippen LogP contribution in [0.5, 0.6) is 0 Å². The zero-order valence-electron chi connectivity index (χ0n) is 15.4. The van der Waals surface area contributed by atoms with Gasteiger partial charge < -0.3 is 14.6 Å². The number of hydrogen-bond acceptors (Lipinski definition) is 6. The fraction of sp³-hybridized carbons (Fsp3) is 0.444. The Labute approximate surface area is 157 Å². The number of thioether (sulfide) groups is 1. The average molecular weight is 376 g/mol. The van der Waals surface area contributed by atoms with Crippen LogP contribution in [0, 0.1) is 5.92 Å². The van der Waals surface area contributed by atoms with Gasteiger partial charge in [-0.3, -0.25) is 4.79 Å². The van der Waals surface area contributed by atoms with Crippen molar-refractivity contribution in [2.45, 2.75) is 31.5 Å². The third-order valence-electron chi connectivity index (χ3n) is 4.18. The third-order valence-corrected chi connectivity index (χ3v) is 5.20. The number of nitrogens with zero attached hydrogens (tertiary/aromatic N) is 3. The summed E-state index contributed by atoms with van der Waals surface area (Å²) < 4.78 is 6.63. The zero-order chi connectivity index (χ0) is 19.1. The lowest BCUT2D eigenvalue weighted by atomic mass is 9.99. The van der Waals surface area contributed by atoms with E-state index in [-0.39, 0.29) is 17.6 Å². The van der Waals surface area contributed by atoms with Crippen molar-refractivity contribution < 1.29 is 14.3 Å². The normalized spacial score (nSPS) is 13.1. The van der Waals surface area contributed by atoms with E-state index < -0.39 is 12.0 Å². The summed E-state index contributed by atoms with van der Waals surface area (Å²) in [6.07, 6.45) is 0.761. The number of amides is 1. The maximum atomic E-state index is 12.3. The topological polar surface area (TPSA) is 86.1 Å². The molecule has 8 heteroatoms. The van der Waals surface area contributed by atoms with Gasteiger partial charge in [0.15, 0.2) is 11.0 Å². The molecule has 0 radical (unpaired) electrons. The zero-order valence-corrected chi connectivity index (χ0v) is 16.2. The molecule has 1 heterocycles. The Morgan fingerprint density at radius 1 is 1.27 bits per heavy atom. The molecular weight excluding hydrogens is 352 g/mol. The van der Waals surface area contributed by atoms with Crippen LogP contribution >= 0.6 is 11.8 Å². The van der Waals surface area contributed by atoms with Gasteiger partial charge in [-0.05, 0) is 5.92 Å². The van der Waals surface area contributed by atoms with E-state index in [0.717, 1.165) is 17.8 Å². The average Bonchev–Trinajstić information content (AvgIpc) is 3.04. The standard InChI is InChI=1S/C18H24N4O3S/c1-5-12(2)15(17(24)25-4)19-14(23)11-26-18-21-20-16(22(18)3)13-9-7-6-8-10-13/h6-10,12,15H,5,11H2,1-4H3,(H,19,23)/t12-,15-/m0/s1. The number of ether oxygens (including phenoxy) is 1. The van der Waals surface area contributed by atoms with Gasteiger partial charge in [-0.1, -0.05) is 62.4 Å². The summed E-state index contributed by atoms with van der Waals surface area (Å²) in [5.74, 6) is 0.208. The Hall–Kier alpha value is -2.35. The minimum absolute atomic E-state index is 0.00379. The van der Waals surface area contributed by atoms with Gasteiger partial charge in [0.25, 0.3) is 0 Å². The van der Waals surface area contributed by atoms with Crippen LogP contribution in [0.25, 0.3) is 11.4 Å². The number of methoxy groups -OCH3 is 1. The largest absolute Gasteiger partial charge is 0.467 e. The van der Waals surface area contributed by atoms with Crippen molar-refractivity contribution in [1.29, 1.82) is 0 Å². The highest BCUT2D eigenvalue weighted by Gasteiger charge is 2.26. The molecule has 2 aromatic rings. The molecule has 0 bridgehead atoms. The Kier molecular flexibility index (Phi) is 7.20. The molecule has 2 rings (SSSR count). The van der Waals surface area contributed by atoms with Crippen LogP contribution in [0.15, 0.2) is 35.5 Å². The summed E-state index contributed by atoms with van der Waals surface area (Å²) in [6, 6.07) is 9.08. The van der Waals surface area contributed by atoms with E-state index in [1.54, 1.807) is 0 Å². The van der Waals surface area contributed by atoms with Gasteiger partial charge in [0.2, 0.25) is 5.91 Å². The molecule has 0 saturated heterocycles. The predicted octanol–water partition coefficient (Wildman–Crippen LogP) is 2.28. The second-order valence-corrected chi connectivity index (χ2v) is 6.92. The fourth-order valence-corrected chi connectivity index (χ4v) is 3.14. The Balaban J connectivity index is 1.99. The summed E-state index contributed by atoms with van der Waals surface area (Å²) in [6.45, 7) is 3.87. The molecule has 0 fully saturated rings. The van der Waals surface area contributed by atoms with Crippen LogP contribution in [-0.4, -0.2) is 45.5 Å². The summed E-state index contributed by atoms with van der Waals surface area (Å²) in [5, 5.41) is 11.7. The number of hydrogen-bond donors (Lipinski definition) is 1. The summed E-state index contributed by atoms with van der Waals surface area (Å²) in [5.41, 5.74) is 0.960. The number of aromatic nitrogens is 3. The van der Waals surface area contributed by atoms with Crippen molar-refractivity contribution in [2.24, 2.45) is 13.0 Å². The monoisotopic (exact) mass is 376 g/mol. The van der Waals surface area contributed by atoms with Crippen molar-refractivity contribution in [2.75, 3.05) is 12.9 Å². The molecule has 0 aliphatic carbocycles.